The van der Waals surface area contributed by atoms with Crippen LogP contribution in [-0.4, -0.2) is 80.6 Å². The number of rotatable bonds is 4. The van der Waals surface area contributed by atoms with E-state index in [2.05, 4.69) is 6.58 Å². The van der Waals surface area contributed by atoms with E-state index in [1.54, 1.807) is 13.0 Å². The highest BCUT2D eigenvalue weighted by Gasteiger charge is 2.68. The summed E-state index contributed by atoms with van der Waals surface area (Å²) in [6, 6.07) is 3.05. The van der Waals surface area contributed by atoms with E-state index >= 15 is 0 Å². The van der Waals surface area contributed by atoms with Gasteiger partial charge in [-0.1, -0.05) is 25.6 Å². The molecular weight excluding hydrogens is 472 g/mol. The highest BCUT2D eigenvalue weighted by atomic mass is 16.5. The average Bonchev–Trinajstić information content (AvgIpc) is 2.80. The van der Waals surface area contributed by atoms with Crippen LogP contribution in [-0.2, 0) is 19.1 Å². The molecule has 190 valence electrons. The number of primary amides is 1. The number of carbonyl (C=O) groups excluding carboxylic acids is 4. The lowest BCUT2D eigenvalue weighted by Crippen LogP contribution is -2.69. The number of amides is 1. The number of likely N-dealkylation sites (N-methyl/N-ethyl adjacent to an activating group) is 1. The summed E-state index contributed by atoms with van der Waals surface area (Å²) in [5, 5.41) is 44.6. The Kier molecular flexibility index (Phi) is 5.81. The normalized spacial score (nSPS) is 31.5. The van der Waals surface area contributed by atoms with Crippen LogP contribution in [0.15, 0.2) is 53.5 Å². The molecule has 0 unspecified atom stereocenters. The zero-order chi connectivity index (χ0) is 26.9. The van der Waals surface area contributed by atoms with Crippen molar-refractivity contribution in [3.8, 4) is 5.75 Å². The van der Waals surface area contributed by atoms with Crippen molar-refractivity contribution in [2.24, 2.45) is 17.6 Å². The Labute approximate surface area is 205 Å². The van der Waals surface area contributed by atoms with Gasteiger partial charge in [0.15, 0.2) is 11.4 Å². The lowest BCUT2D eigenvalue weighted by atomic mass is 9.55. The van der Waals surface area contributed by atoms with E-state index in [0.29, 0.717) is 5.56 Å². The molecule has 4 rings (SSSR count). The predicted octanol–water partition coefficient (Wildman–Crippen LogP) is 0.389. The third-order valence-corrected chi connectivity index (χ3v) is 7.39. The van der Waals surface area contributed by atoms with E-state index in [1.807, 2.05) is 0 Å². The minimum atomic E-state index is -2.97. The number of fused-ring (bicyclic) bond motifs is 3. The van der Waals surface area contributed by atoms with Crippen LogP contribution < -0.4 is 5.73 Å². The fourth-order valence-corrected chi connectivity index (χ4v) is 5.88. The number of phenols is 1. The fourth-order valence-electron chi connectivity index (χ4n) is 5.88. The van der Waals surface area contributed by atoms with Crippen LogP contribution in [0.25, 0.3) is 0 Å². The molecule has 36 heavy (non-hydrogen) atoms. The molecule has 11 heteroatoms. The highest BCUT2D eigenvalue weighted by molar-refractivity contribution is 6.25. The Balaban J connectivity index is 2.12. The quantitative estimate of drug-likeness (QED) is 0.221. The molecule has 6 N–H and O–H groups in total. The van der Waals surface area contributed by atoms with Gasteiger partial charge in [0, 0.05) is 17.6 Å². The summed E-state index contributed by atoms with van der Waals surface area (Å²) in [4.78, 5) is 53.1. The molecule has 11 nitrogen and oxygen atoms in total. The Morgan fingerprint density at radius 1 is 1.19 bits per heavy atom. The maximum atomic E-state index is 13.6. The number of ether oxygens (including phenoxy) is 1. The molecule has 3 aliphatic rings. The van der Waals surface area contributed by atoms with Crippen molar-refractivity contribution < 1.29 is 44.3 Å². The van der Waals surface area contributed by atoms with E-state index in [0.717, 1.165) is 6.08 Å². The van der Waals surface area contributed by atoms with Crippen LogP contribution in [0.2, 0.25) is 0 Å². The van der Waals surface area contributed by atoms with Gasteiger partial charge < -0.3 is 30.9 Å². The van der Waals surface area contributed by atoms with E-state index in [9.17, 15) is 39.6 Å². The Morgan fingerprint density at radius 3 is 2.39 bits per heavy atom. The first kappa shape index (κ1) is 25.1. The molecule has 1 aromatic carbocycles. The third kappa shape index (κ3) is 3.12. The lowest BCUT2D eigenvalue weighted by Gasteiger charge is -2.54. The van der Waals surface area contributed by atoms with Gasteiger partial charge in [0.25, 0.3) is 5.91 Å². The number of phenolic OH excluding ortho intramolecular Hbond substituents is 1. The largest absolute Gasteiger partial charge is 0.510 e. The van der Waals surface area contributed by atoms with Gasteiger partial charge in [-0.3, -0.25) is 19.3 Å². The minimum absolute atomic E-state index is 0.139. The van der Waals surface area contributed by atoms with Gasteiger partial charge >= 0.3 is 5.97 Å². The maximum absolute atomic E-state index is 13.6. The van der Waals surface area contributed by atoms with E-state index < -0.39 is 81.6 Å². The zero-order valence-corrected chi connectivity index (χ0v) is 19.8. The summed E-state index contributed by atoms with van der Waals surface area (Å²) in [7, 11) is 2.95. The lowest BCUT2D eigenvalue weighted by molar-refractivity contribution is -0.177. The number of esters is 1. The second kappa shape index (κ2) is 8.32. The molecule has 0 spiro atoms. The molecule has 0 aromatic heterocycles. The van der Waals surface area contributed by atoms with Crippen molar-refractivity contribution in [2.45, 2.75) is 30.6 Å². The fraction of sp³-hybridized carbons (Fsp3) is 0.360. The SMILES string of the molecule is C=CC(=O)O[C@H]1[C@@H]2C(=C(O)[C@]3(O)C(=O)C(C(N)=O)=C(O)[C@@H](N(C)C)[C@@H]13)C(=O)c1c(O)cccc1[C@@H]2C. The molecular formula is C25H26N2O9. The Hall–Kier alpha value is -3.96. The van der Waals surface area contributed by atoms with Crippen LogP contribution in [0.5, 0.6) is 5.75 Å². The Morgan fingerprint density at radius 2 is 1.83 bits per heavy atom. The molecule has 0 aliphatic heterocycles. The molecule has 0 saturated carbocycles. The number of hydrogen-bond donors (Lipinski definition) is 5. The number of carbonyl (C=O) groups is 4. The van der Waals surface area contributed by atoms with Crippen LogP contribution in [0.3, 0.4) is 0 Å². The average molecular weight is 498 g/mol. The number of hydrogen-bond acceptors (Lipinski definition) is 10. The minimum Gasteiger partial charge on any atom is -0.510 e. The number of Topliss-reactive ketones (excluding diaryl/α,β-unsaturated/α-hetero) is 2. The number of nitrogens with two attached hydrogens (primary N) is 1. The standard InChI is InChI=1S/C25H26N2O9/c1-5-12(29)36-21-13-9(2)10-7-6-8-11(28)14(10)19(30)15(13)22(32)25(35)17(21)18(27(3)4)20(31)16(23(25)33)24(26)34/h5-9,13,17-18,21,28,31-32,35H,1H2,2-4H3,(H2,26,34)/t9-,13-,17-,18-,21-,25-/m0/s1. The first-order valence-corrected chi connectivity index (χ1v) is 11.1. The van der Waals surface area contributed by atoms with E-state index in [-0.39, 0.29) is 11.3 Å². The van der Waals surface area contributed by atoms with Crippen molar-refractivity contribution in [1.29, 1.82) is 0 Å². The molecule has 0 fully saturated rings. The van der Waals surface area contributed by atoms with Gasteiger partial charge in [-0.2, -0.15) is 0 Å². The van der Waals surface area contributed by atoms with Gasteiger partial charge in [-0.05, 0) is 31.6 Å². The van der Waals surface area contributed by atoms with Gasteiger partial charge in [-0.25, -0.2) is 4.79 Å². The summed E-state index contributed by atoms with van der Waals surface area (Å²) in [5.41, 5.74) is 1.22. The van der Waals surface area contributed by atoms with Gasteiger partial charge in [0.2, 0.25) is 5.78 Å². The van der Waals surface area contributed by atoms with Crippen LogP contribution in [0.4, 0.5) is 0 Å². The smallest absolute Gasteiger partial charge is 0.330 e. The maximum Gasteiger partial charge on any atom is 0.330 e. The summed E-state index contributed by atoms with van der Waals surface area (Å²) in [6.45, 7) is 5.04. The summed E-state index contributed by atoms with van der Waals surface area (Å²) in [5.74, 6) is -10.2. The summed E-state index contributed by atoms with van der Waals surface area (Å²) in [6.07, 6.45) is -0.611. The van der Waals surface area contributed by atoms with Crippen LogP contribution in [0, 0.1) is 11.8 Å². The molecule has 0 saturated heterocycles. The number of benzene rings is 1. The van der Waals surface area contributed by atoms with Crippen molar-refractivity contribution in [3.63, 3.8) is 0 Å². The molecule has 1 amide bonds. The monoisotopic (exact) mass is 498 g/mol. The van der Waals surface area contributed by atoms with Crippen LogP contribution in [0.1, 0.15) is 28.8 Å². The van der Waals surface area contributed by atoms with Crippen LogP contribution >= 0.6 is 0 Å². The zero-order valence-electron chi connectivity index (χ0n) is 19.8. The van der Waals surface area contributed by atoms with Crippen molar-refractivity contribution >= 4 is 23.4 Å². The van der Waals surface area contributed by atoms with Gasteiger partial charge in [0.1, 0.15) is 28.9 Å². The number of ketones is 2. The van der Waals surface area contributed by atoms with Gasteiger partial charge in [-0.15, -0.1) is 0 Å². The number of aliphatic hydroxyl groups is 3. The number of nitrogens with zero attached hydrogens (tertiary/aromatic N) is 1. The highest BCUT2D eigenvalue weighted by Crippen LogP contribution is 2.56. The summed E-state index contributed by atoms with van der Waals surface area (Å²) < 4.78 is 5.62. The first-order valence-electron chi connectivity index (χ1n) is 11.1. The van der Waals surface area contributed by atoms with Gasteiger partial charge in [0.05, 0.1) is 17.5 Å². The topological polar surface area (TPSA) is 188 Å². The molecule has 0 radical (unpaired) electrons. The second-order valence-electron chi connectivity index (χ2n) is 9.41. The summed E-state index contributed by atoms with van der Waals surface area (Å²) >= 11 is 0. The molecule has 3 aliphatic carbocycles. The molecule has 1 aromatic rings. The Bertz CT molecular complexity index is 1290. The first-order chi connectivity index (χ1) is 16.8. The molecule has 0 bridgehead atoms. The number of aliphatic hydroxyl groups excluding tert-OH is 2. The van der Waals surface area contributed by atoms with E-state index in [4.69, 9.17) is 10.5 Å². The third-order valence-electron chi connectivity index (χ3n) is 7.39. The van der Waals surface area contributed by atoms with Crippen molar-refractivity contribution in [2.75, 3.05) is 14.1 Å². The predicted molar refractivity (Wildman–Crippen MR) is 124 cm³/mol. The number of aromatic hydroxyl groups is 1. The van der Waals surface area contributed by atoms with Crippen molar-refractivity contribution in [3.05, 3.63) is 64.6 Å². The van der Waals surface area contributed by atoms with Crippen molar-refractivity contribution in [1.82, 2.24) is 4.90 Å². The molecule has 6 atom stereocenters. The molecule has 0 heterocycles. The second-order valence-corrected chi connectivity index (χ2v) is 9.41. The van der Waals surface area contributed by atoms with E-state index in [1.165, 1.54) is 31.1 Å².